The Bertz CT molecular complexity index is 801. The molecule has 3 aromatic rings. The quantitative estimate of drug-likeness (QED) is 0.642. The van der Waals surface area contributed by atoms with Crippen LogP contribution in [0.15, 0.2) is 41.9 Å². The molecule has 0 unspecified atom stereocenters. The minimum atomic E-state index is -0.196. The fourth-order valence-corrected chi connectivity index (χ4v) is 3.21. The van der Waals surface area contributed by atoms with Gasteiger partial charge in [0.1, 0.15) is 5.52 Å². The second kappa shape index (κ2) is 6.13. The Kier molecular flexibility index (Phi) is 4.24. The first kappa shape index (κ1) is 14.5. The number of alkyl halides is 1. The van der Waals surface area contributed by atoms with E-state index >= 15 is 0 Å². The number of nitrogens with zero attached hydrogens (tertiary/aromatic N) is 1. The van der Waals surface area contributed by atoms with E-state index in [4.69, 9.17) is 11.6 Å². The minimum absolute atomic E-state index is 0.196. The topological polar surface area (TPSA) is 42.0 Å². The summed E-state index contributed by atoms with van der Waals surface area (Å²) in [5, 5.41) is 4.10. The molecule has 0 aliphatic rings. The Morgan fingerprint density at radius 3 is 2.71 bits per heavy atom. The second-order valence-electron chi connectivity index (χ2n) is 4.41. The first-order valence-corrected chi connectivity index (χ1v) is 8.55. The summed E-state index contributed by atoms with van der Waals surface area (Å²) in [7, 11) is 0. The van der Waals surface area contributed by atoms with Crippen LogP contribution in [0.1, 0.15) is 15.9 Å². The van der Waals surface area contributed by atoms with Crippen molar-refractivity contribution >= 4 is 60.7 Å². The molecule has 1 N–H and O–H groups in total. The molecule has 106 valence electrons. The van der Waals surface area contributed by atoms with E-state index in [1.165, 1.54) is 11.3 Å². The Morgan fingerprint density at radius 2 is 2.00 bits per heavy atom. The summed E-state index contributed by atoms with van der Waals surface area (Å²) in [4.78, 5) is 16.6. The third-order valence-corrected chi connectivity index (χ3v) is 4.82. The standard InChI is InChI=1S/C15H10BrClN2OS/c16-7-9-1-3-10(4-2-9)15(20)19-13-11(17)5-6-12-14(13)18-8-21-12/h1-6,8H,7H2,(H,19,20). The molecule has 0 aliphatic carbocycles. The lowest BCUT2D eigenvalue weighted by atomic mass is 10.1. The number of carbonyl (C=O) groups excluding carboxylic acids is 1. The van der Waals surface area contributed by atoms with Gasteiger partial charge in [-0.2, -0.15) is 0 Å². The van der Waals surface area contributed by atoms with Gasteiger partial charge in [0.2, 0.25) is 0 Å². The van der Waals surface area contributed by atoms with Gasteiger partial charge in [0.15, 0.2) is 0 Å². The SMILES string of the molecule is O=C(Nc1c(Cl)ccc2scnc12)c1ccc(CBr)cc1. The van der Waals surface area contributed by atoms with E-state index in [9.17, 15) is 4.79 Å². The van der Waals surface area contributed by atoms with Crippen molar-refractivity contribution in [3.05, 3.63) is 58.1 Å². The molecule has 0 bridgehead atoms. The van der Waals surface area contributed by atoms with Crippen LogP contribution in [0.3, 0.4) is 0 Å². The predicted octanol–water partition coefficient (Wildman–Crippen LogP) is 5.10. The number of nitrogens with one attached hydrogen (secondary N) is 1. The number of fused-ring (bicyclic) bond motifs is 1. The number of aromatic nitrogens is 1. The molecular formula is C15H10BrClN2OS. The number of carbonyl (C=O) groups is 1. The first-order valence-electron chi connectivity index (χ1n) is 6.17. The van der Waals surface area contributed by atoms with Gasteiger partial charge in [-0.05, 0) is 29.8 Å². The van der Waals surface area contributed by atoms with Gasteiger partial charge in [-0.15, -0.1) is 11.3 Å². The molecule has 0 spiro atoms. The maximum Gasteiger partial charge on any atom is 0.255 e. The number of anilines is 1. The second-order valence-corrected chi connectivity index (χ2v) is 6.26. The highest BCUT2D eigenvalue weighted by Crippen LogP contribution is 2.32. The summed E-state index contributed by atoms with van der Waals surface area (Å²) in [5.41, 5.74) is 4.72. The zero-order chi connectivity index (χ0) is 14.8. The van der Waals surface area contributed by atoms with E-state index in [2.05, 4.69) is 26.2 Å². The normalized spacial score (nSPS) is 10.8. The van der Waals surface area contributed by atoms with Crippen LogP contribution < -0.4 is 5.32 Å². The monoisotopic (exact) mass is 380 g/mol. The Labute approximate surface area is 139 Å². The molecular weight excluding hydrogens is 372 g/mol. The molecule has 0 fully saturated rings. The van der Waals surface area contributed by atoms with Crippen molar-refractivity contribution < 1.29 is 4.79 Å². The Hall–Kier alpha value is -1.43. The van der Waals surface area contributed by atoms with Crippen LogP contribution >= 0.6 is 38.9 Å². The molecule has 21 heavy (non-hydrogen) atoms. The van der Waals surface area contributed by atoms with Crippen LogP contribution in [0.4, 0.5) is 5.69 Å². The molecule has 0 aliphatic heterocycles. The molecule has 1 amide bonds. The number of hydrogen-bond donors (Lipinski definition) is 1. The number of halogens is 2. The molecule has 1 aromatic heterocycles. The van der Waals surface area contributed by atoms with E-state index in [0.717, 1.165) is 21.1 Å². The fraction of sp³-hybridized carbons (Fsp3) is 0.0667. The summed E-state index contributed by atoms with van der Waals surface area (Å²) in [6.45, 7) is 0. The molecule has 0 saturated carbocycles. The highest BCUT2D eigenvalue weighted by molar-refractivity contribution is 9.08. The van der Waals surface area contributed by atoms with E-state index in [0.29, 0.717) is 16.3 Å². The average molecular weight is 382 g/mol. The first-order chi connectivity index (χ1) is 10.2. The molecule has 0 radical (unpaired) electrons. The lowest BCUT2D eigenvalue weighted by molar-refractivity contribution is 0.102. The number of amides is 1. The molecule has 1 heterocycles. The molecule has 0 atom stereocenters. The van der Waals surface area contributed by atoms with Gasteiger partial charge in [-0.3, -0.25) is 4.79 Å². The van der Waals surface area contributed by atoms with Crippen LogP contribution in [0.5, 0.6) is 0 Å². The van der Waals surface area contributed by atoms with Gasteiger partial charge in [-0.25, -0.2) is 4.98 Å². The molecule has 2 aromatic carbocycles. The van der Waals surface area contributed by atoms with Gasteiger partial charge in [0.25, 0.3) is 5.91 Å². The van der Waals surface area contributed by atoms with Crippen LogP contribution in [0, 0.1) is 0 Å². The molecule has 3 nitrogen and oxygen atoms in total. The summed E-state index contributed by atoms with van der Waals surface area (Å²) >= 11 is 11.1. The maximum absolute atomic E-state index is 12.3. The lowest BCUT2D eigenvalue weighted by Crippen LogP contribution is -2.12. The largest absolute Gasteiger partial charge is 0.319 e. The van der Waals surface area contributed by atoms with Gasteiger partial charge < -0.3 is 5.32 Å². The van der Waals surface area contributed by atoms with Crippen molar-refractivity contribution in [1.82, 2.24) is 4.98 Å². The zero-order valence-electron chi connectivity index (χ0n) is 10.8. The number of benzene rings is 2. The number of rotatable bonds is 3. The van der Waals surface area contributed by atoms with Crippen LogP contribution in [0.2, 0.25) is 5.02 Å². The smallest absolute Gasteiger partial charge is 0.255 e. The van der Waals surface area contributed by atoms with Gasteiger partial charge in [0, 0.05) is 10.9 Å². The minimum Gasteiger partial charge on any atom is -0.319 e. The van der Waals surface area contributed by atoms with Gasteiger partial charge in [0.05, 0.1) is 20.9 Å². The van der Waals surface area contributed by atoms with Gasteiger partial charge >= 0.3 is 0 Å². The van der Waals surface area contributed by atoms with E-state index in [-0.39, 0.29) is 5.91 Å². The lowest BCUT2D eigenvalue weighted by Gasteiger charge is -2.08. The fourth-order valence-electron chi connectivity index (χ4n) is 1.96. The number of hydrogen-bond acceptors (Lipinski definition) is 3. The van der Waals surface area contributed by atoms with Crippen molar-refractivity contribution in [3.8, 4) is 0 Å². The summed E-state index contributed by atoms with van der Waals surface area (Å²) < 4.78 is 0.990. The third-order valence-electron chi connectivity index (χ3n) is 3.06. The predicted molar refractivity (Wildman–Crippen MR) is 91.7 cm³/mol. The van der Waals surface area contributed by atoms with Crippen molar-refractivity contribution in [2.75, 3.05) is 5.32 Å². The summed E-state index contributed by atoms with van der Waals surface area (Å²) in [6.07, 6.45) is 0. The van der Waals surface area contributed by atoms with Gasteiger partial charge in [-0.1, -0.05) is 39.7 Å². The van der Waals surface area contributed by atoms with Crippen molar-refractivity contribution in [1.29, 1.82) is 0 Å². The third kappa shape index (κ3) is 2.95. The highest BCUT2D eigenvalue weighted by atomic mass is 79.9. The van der Waals surface area contributed by atoms with Crippen LogP contribution in [-0.4, -0.2) is 10.9 Å². The number of thiazole rings is 1. The van der Waals surface area contributed by atoms with Crippen LogP contribution in [-0.2, 0) is 5.33 Å². The molecule has 6 heteroatoms. The molecule has 0 saturated heterocycles. The van der Waals surface area contributed by atoms with E-state index in [1.807, 2.05) is 18.2 Å². The van der Waals surface area contributed by atoms with Crippen LogP contribution in [0.25, 0.3) is 10.2 Å². The summed E-state index contributed by atoms with van der Waals surface area (Å²) in [6, 6.07) is 11.1. The zero-order valence-corrected chi connectivity index (χ0v) is 13.9. The van der Waals surface area contributed by atoms with E-state index < -0.39 is 0 Å². The van der Waals surface area contributed by atoms with E-state index in [1.54, 1.807) is 23.7 Å². The Balaban J connectivity index is 1.92. The maximum atomic E-state index is 12.3. The van der Waals surface area contributed by atoms with Crippen molar-refractivity contribution in [2.24, 2.45) is 0 Å². The summed E-state index contributed by atoms with van der Waals surface area (Å²) in [5.74, 6) is -0.196. The Morgan fingerprint density at radius 1 is 1.24 bits per heavy atom. The average Bonchev–Trinajstić information content (AvgIpc) is 2.99. The highest BCUT2D eigenvalue weighted by Gasteiger charge is 2.13. The van der Waals surface area contributed by atoms with Crippen molar-refractivity contribution in [3.63, 3.8) is 0 Å². The van der Waals surface area contributed by atoms with Crippen molar-refractivity contribution in [2.45, 2.75) is 5.33 Å². The molecule has 3 rings (SSSR count).